The summed E-state index contributed by atoms with van der Waals surface area (Å²) in [7, 11) is 0. The van der Waals surface area contributed by atoms with E-state index in [1.54, 1.807) is 0 Å². The minimum absolute atomic E-state index is 0.0143. The summed E-state index contributed by atoms with van der Waals surface area (Å²) in [5.41, 5.74) is 1.05. The van der Waals surface area contributed by atoms with Crippen molar-refractivity contribution in [3.8, 4) is 0 Å². The van der Waals surface area contributed by atoms with Crippen LogP contribution in [0.5, 0.6) is 0 Å². The molecule has 2 amide bonds. The van der Waals surface area contributed by atoms with Crippen molar-refractivity contribution in [3.63, 3.8) is 0 Å². The van der Waals surface area contributed by atoms with Crippen LogP contribution in [0.2, 0.25) is 0 Å². The molecule has 1 aromatic carbocycles. The van der Waals surface area contributed by atoms with E-state index in [0.717, 1.165) is 48.7 Å². The smallest absolute Gasteiger partial charge is 0.244 e. The van der Waals surface area contributed by atoms with Crippen LogP contribution in [-0.2, 0) is 20.9 Å². The Labute approximate surface area is 216 Å². The summed E-state index contributed by atoms with van der Waals surface area (Å²) in [5, 5.41) is 3.12. The number of hydrogen-bond acceptors (Lipinski definition) is 6. The van der Waals surface area contributed by atoms with Crippen LogP contribution < -0.4 is 5.32 Å². The maximum atomic E-state index is 13.8. The Hall–Kier alpha value is -1.29. The molecule has 9 heteroatoms. The zero-order chi connectivity index (χ0) is 24.2. The maximum absolute atomic E-state index is 13.8. The van der Waals surface area contributed by atoms with Crippen LogP contribution in [0.15, 0.2) is 30.3 Å². The van der Waals surface area contributed by atoms with Gasteiger partial charge in [-0.1, -0.05) is 73.6 Å². The first-order valence-corrected chi connectivity index (χ1v) is 14.4. The van der Waals surface area contributed by atoms with Crippen LogP contribution in [-0.4, -0.2) is 73.7 Å². The van der Waals surface area contributed by atoms with Gasteiger partial charge in [-0.3, -0.25) is 9.59 Å². The average molecular weight is 522 g/mol. The van der Waals surface area contributed by atoms with Crippen LogP contribution in [0.4, 0.5) is 0 Å². The van der Waals surface area contributed by atoms with Gasteiger partial charge in [-0.25, -0.2) is 0 Å². The number of amides is 2. The van der Waals surface area contributed by atoms with Gasteiger partial charge >= 0.3 is 0 Å². The molecule has 3 fully saturated rings. The predicted molar refractivity (Wildman–Crippen MR) is 144 cm³/mol. The van der Waals surface area contributed by atoms with Gasteiger partial charge in [0.05, 0.1) is 23.8 Å². The van der Waals surface area contributed by atoms with E-state index in [0.29, 0.717) is 19.8 Å². The summed E-state index contributed by atoms with van der Waals surface area (Å²) in [6.45, 7) is 7.54. The first-order chi connectivity index (χ1) is 16.3. The van der Waals surface area contributed by atoms with Crippen molar-refractivity contribution in [2.75, 3.05) is 32.1 Å². The van der Waals surface area contributed by atoms with Crippen LogP contribution in [0, 0.1) is 0 Å². The molecule has 34 heavy (non-hydrogen) atoms. The molecule has 1 aliphatic carbocycles. The van der Waals surface area contributed by atoms with E-state index in [9.17, 15) is 9.59 Å². The molecule has 2 heterocycles. The molecule has 2 saturated heterocycles. The third kappa shape index (κ3) is 5.74. The van der Waals surface area contributed by atoms with E-state index in [1.165, 1.54) is 18.2 Å². The largest absolute Gasteiger partial charge is 0.378 e. The Morgan fingerprint density at radius 3 is 2.50 bits per heavy atom. The summed E-state index contributed by atoms with van der Waals surface area (Å²) in [6.07, 6.45) is 5.24. The van der Waals surface area contributed by atoms with Gasteiger partial charge in [0.25, 0.3) is 0 Å². The van der Waals surface area contributed by atoms with Gasteiger partial charge in [0.15, 0.2) is 0 Å². The number of hydrogen-bond donors (Lipinski definition) is 1. The molecule has 2 aliphatic heterocycles. The summed E-state index contributed by atoms with van der Waals surface area (Å²) in [5.74, 6) is 0.204. The van der Waals surface area contributed by atoms with Gasteiger partial charge in [0.1, 0.15) is 10.4 Å². The lowest BCUT2D eigenvalue weighted by atomic mass is 9.90. The SMILES string of the molecule is CC1(C)SC2(CCCCC2)N(C(=O)CSC(=S)N2CCOCC2)C1C(=O)NCc1ccccc1. The number of thioether (sulfide) groups is 2. The van der Waals surface area contributed by atoms with Crippen LogP contribution in [0.1, 0.15) is 51.5 Å². The number of nitrogens with one attached hydrogen (secondary N) is 1. The number of carbonyl (C=O) groups is 2. The predicted octanol–water partition coefficient (Wildman–Crippen LogP) is 4.04. The van der Waals surface area contributed by atoms with E-state index in [-0.39, 0.29) is 27.2 Å². The van der Waals surface area contributed by atoms with Crippen molar-refractivity contribution in [1.82, 2.24) is 15.1 Å². The fraction of sp³-hybridized carbons (Fsp3) is 0.640. The third-order valence-corrected chi connectivity index (χ3v) is 10.1. The lowest BCUT2D eigenvalue weighted by Gasteiger charge is -2.42. The Morgan fingerprint density at radius 1 is 1.15 bits per heavy atom. The molecular weight excluding hydrogens is 486 g/mol. The zero-order valence-electron chi connectivity index (χ0n) is 20.1. The zero-order valence-corrected chi connectivity index (χ0v) is 22.5. The minimum atomic E-state index is -0.510. The number of morpholine rings is 1. The highest BCUT2D eigenvalue weighted by atomic mass is 32.2. The molecule has 1 spiro atoms. The van der Waals surface area contributed by atoms with Crippen molar-refractivity contribution in [1.29, 1.82) is 0 Å². The second-order valence-corrected chi connectivity index (χ2v) is 13.4. The highest BCUT2D eigenvalue weighted by Gasteiger charge is 2.60. The average Bonchev–Trinajstić information content (AvgIpc) is 3.08. The second kappa shape index (κ2) is 11.2. The Bertz CT molecular complexity index is 884. The molecule has 1 saturated carbocycles. The Kier molecular flexibility index (Phi) is 8.48. The van der Waals surface area contributed by atoms with Gasteiger partial charge in [-0.2, -0.15) is 0 Å². The number of nitrogens with zero attached hydrogens (tertiary/aromatic N) is 2. The van der Waals surface area contributed by atoms with Gasteiger partial charge in [-0.15, -0.1) is 11.8 Å². The molecule has 1 unspecified atom stereocenters. The molecule has 6 nitrogen and oxygen atoms in total. The molecule has 0 aromatic heterocycles. The molecule has 3 aliphatic rings. The first-order valence-electron chi connectivity index (χ1n) is 12.2. The normalized spacial score (nSPS) is 23.6. The fourth-order valence-electron chi connectivity index (χ4n) is 5.30. The van der Waals surface area contributed by atoms with E-state index in [1.807, 2.05) is 47.0 Å². The third-order valence-electron chi connectivity index (χ3n) is 6.86. The molecular formula is C25H35N3O3S3. The quantitative estimate of drug-likeness (QED) is 0.587. The van der Waals surface area contributed by atoms with Crippen molar-refractivity contribution in [2.24, 2.45) is 0 Å². The monoisotopic (exact) mass is 521 g/mol. The lowest BCUT2D eigenvalue weighted by molar-refractivity contribution is -0.143. The van der Waals surface area contributed by atoms with E-state index < -0.39 is 6.04 Å². The number of rotatable bonds is 5. The topological polar surface area (TPSA) is 61.9 Å². The first kappa shape index (κ1) is 25.8. The molecule has 0 bridgehead atoms. The van der Waals surface area contributed by atoms with Crippen molar-refractivity contribution >= 4 is 51.9 Å². The van der Waals surface area contributed by atoms with E-state index in [2.05, 4.69) is 24.1 Å². The Balaban J connectivity index is 1.50. The molecule has 0 radical (unpaired) electrons. The fourth-order valence-corrected chi connectivity index (χ4v) is 8.52. The molecule has 186 valence electrons. The standard InChI is InChI=1S/C25H35N3O3S3/c1-24(2)21(22(30)26-17-19-9-5-3-6-10-19)28(25(34-24)11-7-4-8-12-25)20(29)18-33-23(32)27-13-15-31-16-14-27/h3,5-6,9-10,21H,4,7-8,11-18H2,1-2H3,(H,26,30). The van der Waals surface area contributed by atoms with Crippen LogP contribution >= 0.6 is 35.7 Å². The lowest BCUT2D eigenvalue weighted by Crippen LogP contribution is -2.58. The van der Waals surface area contributed by atoms with Gasteiger partial charge in [0, 0.05) is 24.4 Å². The summed E-state index contributed by atoms with van der Waals surface area (Å²) < 4.78 is 5.79. The van der Waals surface area contributed by atoms with Crippen LogP contribution in [0.3, 0.4) is 0 Å². The number of thiocarbonyl (C=S) groups is 1. The van der Waals surface area contributed by atoms with Gasteiger partial charge < -0.3 is 19.9 Å². The van der Waals surface area contributed by atoms with Crippen molar-refractivity contribution in [3.05, 3.63) is 35.9 Å². The van der Waals surface area contributed by atoms with Crippen LogP contribution in [0.25, 0.3) is 0 Å². The molecule has 1 atom stereocenters. The number of benzene rings is 1. The van der Waals surface area contributed by atoms with E-state index >= 15 is 0 Å². The van der Waals surface area contributed by atoms with E-state index in [4.69, 9.17) is 17.0 Å². The Morgan fingerprint density at radius 2 is 1.82 bits per heavy atom. The number of ether oxygens (including phenoxy) is 1. The highest BCUT2D eigenvalue weighted by Crippen LogP contribution is 2.57. The van der Waals surface area contributed by atoms with Crippen molar-refractivity contribution in [2.45, 2.75) is 68.2 Å². The minimum Gasteiger partial charge on any atom is -0.378 e. The summed E-state index contributed by atoms with van der Waals surface area (Å²) >= 11 is 8.86. The molecule has 1 aromatic rings. The second-order valence-electron chi connectivity index (χ2n) is 9.74. The molecule has 1 N–H and O–H groups in total. The summed E-state index contributed by atoms with van der Waals surface area (Å²) in [4.78, 5) is 31.1. The number of carbonyl (C=O) groups excluding carboxylic acids is 2. The maximum Gasteiger partial charge on any atom is 0.244 e. The molecule has 4 rings (SSSR count). The summed E-state index contributed by atoms with van der Waals surface area (Å²) in [6, 6.07) is 9.40. The highest BCUT2D eigenvalue weighted by molar-refractivity contribution is 8.23. The van der Waals surface area contributed by atoms with Crippen molar-refractivity contribution < 1.29 is 14.3 Å². The van der Waals surface area contributed by atoms with Gasteiger partial charge in [-0.05, 0) is 32.3 Å². The van der Waals surface area contributed by atoms with Gasteiger partial charge in [0.2, 0.25) is 11.8 Å².